The molecule has 0 atom stereocenters. The summed E-state index contributed by atoms with van der Waals surface area (Å²) in [6.07, 6.45) is 0. The van der Waals surface area contributed by atoms with Crippen LogP contribution in [0.25, 0.3) is 0 Å². The molecule has 0 bridgehead atoms. The summed E-state index contributed by atoms with van der Waals surface area (Å²) < 4.78 is 0. The zero-order chi connectivity index (χ0) is 6.99. The maximum atomic E-state index is 8.36. The molecule has 3 N–H and O–H groups in total. The largest absolute Gasteiger partial charge is 0.392 e. The molecule has 0 saturated heterocycles. The Hall–Kier alpha value is -1.60. The van der Waals surface area contributed by atoms with Gasteiger partial charge in [-0.25, -0.2) is 0 Å². The van der Waals surface area contributed by atoms with Crippen molar-refractivity contribution in [2.75, 3.05) is 0 Å². The first kappa shape index (κ1) is 9.64. The highest BCUT2D eigenvalue weighted by Gasteiger charge is 1.65. The third-order valence-electron chi connectivity index (χ3n) is 0.0400. The minimum atomic E-state index is -1.50. The third kappa shape index (κ3) is 141. The lowest BCUT2D eigenvalue weighted by Gasteiger charge is -1.56. The first-order chi connectivity index (χ1) is 3.65. The van der Waals surface area contributed by atoms with Crippen molar-refractivity contribution in [1.29, 1.82) is 0 Å². The molecule has 0 aromatic heterocycles. The molecule has 0 aliphatic carbocycles. The normalized spacial score (nSPS) is 7.50. The van der Waals surface area contributed by atoms with E-state index in [0.29, 0.717) is 0 Å². The summed E-state index contributed by atoms with van der Waals surface area (Å²) >= 11 is 0. The molecule has 0 radical (unpaired) electrons. The first-order valence-corrected chi connectivity index (χ1v) is 1.17. The summed E-state index contributed by atoms with van der Waals surface area (Å²) in [6, 6.07) is 0. The molecule has 0 amide bonds. The average molecular weight is 125 g/mol. The number of rotatable bonds is 0. The maximum Gasteiger partial charge on any atom is 0.291 e. The molecule has 0 unspecified atom stereocenters. The van der Waals surface area contributed by atoms with E-state index in [0.717, 1.165) is 0 Å². The predicted octanol–water partition coefficient (Wildman–Crippen LogP) is -0.131. The van der Waals surface area contributed by atoms with E-state index in [9.17, 15) is 0 Å². The Bertz CT molecular complexity index is 67.7. The van der Waals surface area contributed by atoms with Gasteiger partial charge in [-0.2, -0.15) is 0 Å². The number of nitrogens with zero attached hydrogens (tertiary/aromatic N) is 3. The van der Waals surface area contributed by atoms with E-state index >= 15 is 0 Å². The minimum Gasteiger partial charge on any atom is -0.392 e. The van der Waals surface area contributed by atoms with E-state index < -0.39 is 5.09 Å². The van der Waals surface area contributed by atoms with Crippen LogP contribution in [0.4, 0.5) is 0 Å². The second-order valence-electron chi connectivity index (χ2n) is 0.417. The lowest BCUT2D eigenvalue weighted by Crippen LogP contribution is -1.81. The van der Waals surface area contributed by atoms with Gasteiger partial charge in [-0.15, -0.1) is 10.1 Å². The van der Waals surface area contributed by atoms with Crippen LogP contribution in [0.1, 0.15) is 0 Å². The molecule has 0 aliphatic heterocycles. The summed E-state index contributed by atoms with van der Waals surface area (Å²) in [5, 5.41) is 31.6. The average Bonchev–Trinajstić information content (AvgIpc) is 1.65. The van der Waals surface area contributed by atoms with Crippen LogP contribution < -0.4 is 0 Å². The molecule has 8 nitrogen and oxygen atoms in total. The highest BCUT2D eigenvalue weighted by Crippen LogP contribution is 1.46. The minimum absolute atomic E-state index is 1.50. The standard InChI is InChI=1S/H2N2O2.HNO3/c3-1-2-4;2-1(3)4/h(H,1,4)(H,2,3);(H,2,3,4). The van der Waals surface area contributed by atoms with Crippen LogP contribution in [0.15, 0.2) is 10.6 Å². The van der Waals surface area contributed by atoms with Gasteiger partial charge in [0.2, 0.25) is 0 Å². The van der Waals surface area contributed by atoms with Gasteiger partial charge in [0.25, 0.3) is 5.09 Å². The van der Waals surface area contributed by atoms with Gasteiger partial charge in [-0.1, -0.05) is 0 Å². The lowest BCUT2D eigenvalue weighted by atomic mass is 13.0. The van der Waals surface area contributed by atoms with E-state index in [-0.39, 0.29) is 0 Å². The summed E-state index contributed by atoms with van der Waals surface area (Å²) in [7, 11) is 0. The van der Waals surface area contributed by atoms with Gasteiger partial charge in [0, 0.05) is 0 Å². The maximum absolute atomic E-state index is 8.36. The van der Waals surface area contributed by atoms with Gasteiger partial charge in [0.1, 0.15) is 0 Å². The van der Waals surface area contributed by atoms with E-state index in [1.54, 1.807) is 0 Å². The van der Waals surface area contributed by atoms with Crippen LogP contribution in [0, 0.1) is 10.1 Å². The molecule has 0 rings (SSSR count). The van der Waals surface area contributed by atoms with Crippen LogP contribution in [0.3, 0.4) is 0 Å². The van der Waals surface area contributed by atoms with E-state index in [2.05, 4.69) is 0 Å². The van der Waals surface area contributed by atoms with E-state index in [1.807, 2.05) is 10.6 Å². The Kier molecular flexibility index (Phi) is 10.9. The predicted molar refractivity (Wildman–Crippen MR) is 17.2 cm³/mol. The molecule has 0 aromatic rings. The molecule has 0 aromatic carbocycles. The number of hydrogen-bond donors (Lipinski definition) is 3. The second kappa shape index (κ2) is 9.04. The Labute approximate surface area is 42.7 Å². The Morgan fingerprint density at radius 3 is 1.50 bits per heavy atom. The van der Waals surface area contributed by atoms with Gasteiger partial charge >= 0.3 is 0 Å². The SMILES string of the molecule is O=[N+]([O-])O.ON=NO. The van der Waals surface area contributed by atoms with Crippen molar-refractivity contribution in [3.8, 4) is 0 Å². The zero-order valence-electron chi connectivity index (χ0n) is 3.50. The first-order valence-electron chi connectivity index (χ1n) is 1.17. The van der Waals surface area contributed by atoms with Crippen molar-refractivity contribution in [3.05, 3.63) is 10.1 Å². The smallest absolute Gasteiger partial charge is 0.291 e. The highest BCUT2D eigenvalue weighted by atomic mass is 16.9. The second-order valence-corrected chi connectivity index (χ2v) is 0.417. The van der Waals surface area contributed by atoms with Crippen molar-refractivity contribution >= 4 is 0 Å². The van der Waals surface area contributed by atoms with Crippen molar-refractivity contribution in [3.63, 3.8) is 0 Å². The Morgan fingerprint density at radius 1 is 1.38 bits per heavy atom. The zero-order valence-corrected chi connectivity index (χ0v) is 3.50. The summed E-state index contributed by atoms with van der Waals surface area (Å²) in [6.45, 7) is 0. The van der Waals surface area contributed by atoms with Crippen LogP contribution >= 0.6 is 0 Å². The molecule has 0 fully saturated rings. The van der Waals surface area contributed by atoms with Gasteiger partial charge in [-0.05, 0) is 0 Å². The quantitative estimate of drug-likeness (QED) is 0.236. The van der Waals surface area contributed by atoms with Gasteiger partial charge in [-0.3, -0.25) is 0 Å². The summed E-state index contributed by atoms with van der Waals surface area (Å²) in [4.78, 5) is 8.36. The molecule has 0 heterocycles. The molecule has 0 spiro atoms. The van der Waals surface area contributed by atoms with Crippen LogP contribution in [-0.4, -0.2) is 20.7 Å². The molecule has 8 heteroatoms. The van der Waals surface area contributed by atoms with Crippen molar-refractivity contribution < 1.29 is 20.7 Å². The fourth-order valence-electron chi connectivity index (χ4n) is 0. The number of hydrogen-bond acceptors (Lipinski definition) is 4. The van der Waals surface area contributed by atoms with Crippen molar-refractivity contribution in [2.24, 2.45) is 10.6 Å². The fourth-order valence-corrected chi connectivity index (χ4v) is 0. The highest BCUT2D eigenvalue weighted by molar-refractivity contribution is 3.83. The summed E-state index contributed by atoms with van der Waals surface area (Å²) in [5.74, 6) is 0. The third-order valence-corrected chi connectivity index (χ3v) is 0.0400. The van der Waals surface area contributed by atoms with E-state index in [1.165, 1.54) is 0 Å². The van der Waals surface area contributed by atoms with Crippen molar-refractivity contribution in [2.45, 2.75) is 0 Å². The van der Waals surface area contributed by atoms with E-state index in [4.69, 9.17) is 25.7 Å². The molecule has 48 valence electrons. The Balaban J connectivity index is 0. The van der Waals surface area contributed by atoms with Gasteiger partial charge < -0.3 is 15.6 Å². The Morgan fingerprint density at radius 2 is 1.50 bits per heavy atom. The molecule has 0 aliphatic rings. The van der Waals surface area contributed by atoms with Crippen LogP contribution in [-0.2, 0) is 0 Å². The van der Waals surface area contributed by atoms with Gasteiger partial charge in [0.05, 0.1) is 10.6 Å². The fraction of sp³-hybridized carbons (Fsp3) is 0. The van der Waals surface area contributed by atoms with Gasteiger partial charge in [0.15, 0.2) is 0 Å². The molecular formula is H3N3O5. The summed E-state index contributed by atoms with van der Waals surface area (Å²) in [5.41, 5.74) is 0. The van der Waals surface area contributed by atoms with Crippen molar-refractivity contribution in [1.82, 2.24) is 0 Å². The molecule has 0 saturated carbocycles. The van der Waals surface area contributed by atoms with Crippen LogP contribution in [0.2, 0.25) is 0 Å². The lowest BCUT2D eigenvalue weighted by molar-refractivity contribution is -0.742. The van der Waals surface area contributed by atoms with Crippen LogP contribution in [0.5, 0.6) is 0 Å². The topological polar surface area (TPSA) is 129 Å². The molecule has 8 heavy (non-hydrogen) atoms. The molecular weight excluding hydrogens is 122 g/mol. The monoisotopic (exact) mass is 125 g/mol.